The first-order valence-electron chi connectivity index (χ1n) is 8.31. The van der Waals surface area contributed by atoms with E-state index in [1.807, 2.05) is 30.3 Å². The van der Waals surface area contributed by atoms with Crippen LogP contribution in [0.3, 0.4) is 0 Å². The highest BCUT2D eigenvalue weighted by Gasteiger charge is 2.21. The summed E-state index contributed by atoms with van der Waals surface area (Å²) in [4.78, 5) is 6.40. The van der Waals surface area contributed by atoms with Crippen molar-refractivity contribution in [3.8, 4) is 11.5 Å². The van der Waals surface area contributed by atoms with Gasteiger partial charge in [-0.25, -0.2) is 18.1 Å². The van der Waals surface area contributed by atoms with Gasteiger partial charge >= 0.3 is 0 Å². The number of ether oxygens (including phenoxy) is 2. The van der Waals surface area contributed by atoms with Gasteiger partial charge in [-0.05, 0) is 17.7 Å². The summed E-state index contributed by atoms with van der Waals surface area (Å²) in [7, 11) is -0.845. The molecule has 0 aliphatic carbocycles. The zero-order chi connectivity index (χ0) is 19.3. The summed E-state index contributed by atoms with van der Waals surface area (Å²) in [5.74, 6) is 1.02. The zero-order valence-corrected chi connectivity index (χ0v) is 16.0. The fourth-order valence-electron chi connectivity index (χ4n) is 2.65. The zero-order valence-electron chi connectivity index (χ0n) is 15.2. The van der Waals surface area contributed by atoms with E-state index in [9.17, 15) is 8.42 Å². The van der Waals surface area contributed by atoms with Crippen molar-refractivity contribution < 1.29 is 17.9 Å². The molecule has 2 aromatic rings. The van der Waals surface area contributed by atoms with Crippen LogP contribution in [-0.4, -0.2) is 46.8 Å². The lowest BCUT2D eigenvalue weighted by molar-refractivity contribution is 0.255. The van der Waals surface area contributed by atoms with Crippen LogP contribution in [0.25, 0.3) is 0 Å². The summed E-state index contributed by atoms with van der Waals surface area (Å²) in [6.07, 6.45) is 0. The van der Waals surface area contributed by atoms with Crippen LogP contribution in [0.1, 0.15) is 5.56 Å². The van der Waals surface area contributed by atoms with Crippen LogP contribution in [0.5, 0.6) is 11.5 Å². The third-order valence-corrected chi connectivity index (χ3v) is 5.38. The van der Waals surface area contributed by atoms with Crippen LogP contribution < -0.4 is 19.5 Å². The highest BCUT2D eigenvalue weighted by molar-refractivity contribution is 7.90. The Morgan fingerprint density at radius 1 is 1.11 bits per heavy atom. The highest BCUT2D eigenvalue weighted by Crippen LogP contribution is 2.29. The molecule has 3 rings (SSSR count). The van der Waals surface area contributed by atoms with Gasteiger partial charge in [-0.3, -0.25) is 4.90 Å². The van der Waals surface area contributed by atoms with Crippen molar-refractivity contribution in [2.45, 2.75) is 11.4 Å². The molecule has 2 N–H and O–H groups in total. The molecule has 1 aliphatic rings. The molecule has 0 atom stereocenters. The summed E-state index contributed by atoms with van der Waals surface area (Å²) >= 11 is 0. The van der Waals surface area contributed by atoms with Gasteiger partial charge in [0.1, 0.15) is 0 Å². The van der Waals surface area contributed by atoms with E-state index >= 15 is 0 Å². The smallest absolute Gasteiger partial charge is 0.264 e. The van der Waals surface area contributed by atoms with Gasteiger partial charge in [0.15, 0.2) is 11.5 Å². The molecule has 9 heteroatoms. The number of hydrogen-bond donors (Lipinski definition) is 2. The van der Waals surface area contributed by atoms with Gasteiger partial charge in [0.25, 0.3) is 10.0 Å². The Bertz CT molecular complexity index is 916. The van der Waals surface area contributed by atoms with Gasteiger partial charge in [0, 0.05) is 12.6 Å². The number of methoxy groups -OCH3 is 2. The Kier molecular flexibility index (Phi) is 5.82. The Morgan fingerprint density at radius 3 is 2.48 bits per heavy atom. The summed E-state index contributed by atoms with van der Waals surface area (Å²) in [5, 5.41) is 3.00. The third-order valence-electron chi connectivity index (χ3n) is 4.04. The van der Waals surface area contributed by atoms with Crippen molar-refractivity contribution in [3.05, 3.63) is 54.1 Å². The minimum atomic E-state index is -3.79. The van der Waals surface area contributed by atoms with E-state index < -0.39 is 10.0 Å². The number of nitrogens with zero attached hydrogens (tertiary/aromatic N) is 2. The minimum Gasteiger partial charge on any atom is -0.493 e. The second-order valence-corrected chi connectivity index (χ2v) is 7.60. The summed E-state index contributed by atoms with van der Waals surface area (Å²) in [6.45, 7) is 1.61. The molecule has 0 spiro atoms. The van der Waals surface area contributed by atoms with E-state index in [1.54, 1.807) is 6.07 Å². The quantitative estimate of drug-likeness (QED) is 0.774. The largest absolute Gasteiger partial charge is 0.493 e. The van der Waals surface area contributed by atoms with Crippen LogP contribution in [-0.2, 0) is 16.6 Å². The molecular weight excluding hydrogens is 368 g/mol. The van der Waals surface area contributed by atoms with Gasteiger partial charge in [-0.2, -0.15) is 0 Å². The maximum absolute atomic E-state index is 12.6. The van der Waals surface area contributed by atoms with Crippen molar-refractivity contribution in [2.75, 3.05) is 27.6 Å². The first kappa shape index (κ1) is 19.0. The molecule has 0 fully saturated rings. The summed E-state index contributed by atoms with van der Waals surface area (Å²) < 4.78 is 38.0. The summed E-state index contributed by atoms with van der Waals surface area (Å²) in [5.41, 5.74) is 1.17. The topological polar surface area (TPSA) is 92.3 Å². The summed E-state index contributed by atoms with van der Waals surface area (Å²) in [6, 6.07) is 14.4. The first-order chi connectivity index (χ1) is 13.0. The molecule has 0 saturated heterocycles. The minimum absolute atomic E-state index is 0.0661. The van der Waals surface area contributed by atoms with Gasteiger partial charge in [0.05, 0.1) is 32.5 Å². The molecule has 0 saturated carbocycles. The maximum atomic E-state index is 12.6. The van der Waals surface area contributed by atoms with E-state index in [1.165, 1.54) is 31.9 Å². The lowest BCUT2D eigenvalue weighted by atomic mass is 10.2. The second kappa shape index (κ2) is 8.28. The first-order valence-corrected chi connectivity index (χ1v) is 9.79. The fourth-order valence-corrected chi connectivity index (χ4v) is 3.67. The molecule has 144 valence electrons. The van der Waals surface area contributed by atoms with Gasteiger partial charge < -0.3 is 14.8 Å². The van der Waals surface area contributed by atoms with Crippen molar-refractivity contribution in [1.29, 1.82) is 0 Å². The van der Waals surface area contributed by atoms with Gasteiger partial charge in [-0.15, -0.1) is 0 Å². The lowest BCUT2D eigenvalue weighted by Crippen LogP contribution is -2.49. The molecule has 0 unspecified atom stereocenters. The molecule has 27 heavy (non-hydrogen) atoms. The number of benzene rings is 2. The second-order valence-electron chi connectivity index (χ2n) is 5.92. The number of aliphatic imine (C=N–C) groups is 1. The van der Waals surface area contributed by atoms with Crippen LogP contribution in [0.4, 0.5) is 0 Å². The Balaban J connectivity index is 1.66. The molecule has 0 aromatic heterocycles. The van der Waals surface area contributed by atoms with Crippen molar-refractivity contribution in [3.63, 3.8) is 0 Å². The number of rotatable bonds is 6. The SMILES string of the molecule is COc1ccc(S(=O)(=O)NC2=NCN(Cc3ccccc3)CN2)cc1OC. The number of nitrogens with one attached hydrogen (secondary N) is 2. The Morgan fingerprint density at radius 2 is 1.85 bits per heavy atom. The predicted molar refractivity (Wildman–Crippen MR) is 102 cm³/mol. The van der Waals surface area contributed by atoms with E-state index in [0.717, 1.165) is 6.54 Å². The molecule has 0 bridgehead atoms. The standard InChI is InChI=1S/C18H22N4O4S/c1-25-16-9-8-15(10-17(16)26-2)27(23,24)21-18-19-12-22(13-20-18)11-14-6-4-3-5-7-14/h3-10H,11-13H2,1-2H3,(H2,19,20,21). The Hall–Kier alpha value is -2.78. The van der Waals surface area contributed by atoms with Gasteiger partial charge in [0.2, 0.25) is 5.96 Å². The molecule has 2 aromatic carbocycles. The molecule has 8 nitrogen and oxygen atoms in total. The monoisotopic (exact) mass is 390 g/mol. The average Bonchev–Trinajstić information content (AvgIpc) is 2.69. The van der Waals surface area contributed by atoms with Crippen LogP contribution in [0.2, 0.25) is 0 Å². The van der Waals surface area contributed by atoms with E-state index in [2.05, 4.69) is 19.9 Å². The maximum Gasteiger partial charge on any atom is 0.264 e. The number of hydrogen-bond acceptors (Lipinski definition) is 7. The van der Waals surface area contributed by atoms with Crippen molar-refractivity contribution in [2.24, 2.45) is 4.99 Å². The van der Waals surface area contributed by atoms with E-state index in [0.29, 0.717) is 24.8 Å². The van der Waals surface area contributed by atoms with Gasteiger partial charge in [-0.1, -0.05) is 30.3 Å². The van der Waals surface area contributed by atoms with Crippen LogP contribution in [0, 0.1) is 0 Å². The molecule has 0 radical (unpaired) electrons. The fraction of sp³-hybridized carbons (Fsp3) is 0.278. The molecular formula is C18H22N4O4S. The average molecular weight is 390 g/mol. The normalized spacial score (nSPS) is 14.8. The highest BCUT2D eigenvalue weighted by atomic mass is 32.2. The number of sulfonamides is 1. The molecule has 0 amide bonds. The molecule has 1 heterocycles. The van der Waals surface area contributed by atoms with E-state index in [4.69, 9.17) is 9.47 Å². The Labute approximate surface area is 158 Å². The predicted octanol–water partition coefficient (Wildman–Crippen LogP) is 1.36. The number of guanidine groups is 1. The lowest BCUT2D eigenvalue weighted by Gasteiger charge is -2.27. The van der Waals surface area contributed by atoms with E-state index in [-0.39, 0.29) is 10.9 Å². The third kappa shape index (κ3) is 4.69. The molecule has 1 aliphatic heterocycles. The van der Waals surface area contributed by atoms with Crippen molar-refractivity contribution >= 4 is 16.0 Å². The van der Waals surface area contributed by atoms with Crippen molar-refractivity contribution in [1.82, 2.24) is 14.9 Å². The van der Waals surface area contributed by atoms with Crippen LogP contribution >= 0.6 is 0 Å². The van der Waals surface area contributed by atoms with Crippen LogP contribution in [0.15, 0.2) is 58.4 Å².